The molecule has 3 unspecified atom stereocenters. The maximum absolute atomic E-state index is 5.83. The summed E-state index contributed by atoms with van der Waals surface area (Å²) >= 11 is 0. The predicted octanol–water partition coefficient (Wildman–Crippen LogP) is 4.16. The highest BCUT2D eigenvalue weighted by atomic mass is 16.5. The number of benzene rings is 2. The molecule has 0 aromatic heterocycles. The minimum Gasteiger partial charge on any atom is -0.497 e. The average molecular weight is 437 g/mol. The van der Waals surface area contributed by atoms with Crippen molar-refractivity contribution in [3.63, 3.8) is 0 Å². The molecule has 0 bridgehead atoms. The molecule has 2 heterocycles. The molecule has 6 heteroatoms. The van der Waals surface area contributed by atoms with Gasteiger partial charge in [0.2, 0.25) is 0 Å². The first-order valence-corrected chi connectivity index (χ1v) is 11.8. The van der Waals surface area contributed by atoms with Crippen molar-refractivity contribution >= 4 is 5.96 Å². The molecule has 1 saturated heterocycles. The number of guanidine groups is 1. The Bertz CT molecular complexity index is 899. The van der Waals surface area contributed by atoms with E-state index in [4.69, 9.17) is 14.5 Å². The van der Waals surface area contributed by atoms with Crippen LogP contribution < -0.4 is 20.1 Å². The molecule has 32 heavy (non-hydrogen) atoms. The van der Waals surface area contributed by atoms with Gasteiger partial charge in [0.15, 0.2) is 5.96 Å². The fourth-order valence-corrected chi connectivity index (χ4v) is 4.96. The normalized spacial score (nSPS) is 23.7. The number of likely N-dealkylation sites (tertiary alicyclic amines) is 1. The molecular formula is C26H36N4O2. The van der Waals surface area contributed by atoms with E-state index in [1.54, 1.807) is 7.11 Å². The second kappa shape index (κ2) is 10.7. The van der Waals surface area contributed by atoms with Crippen LogP contribution >= 0.6 is 0 Å². The van der Waals surface area contributed by atoms with Crippen molar-refractivity contribution in [2.45, 2.75) is 38.3 Å². The third-order valence-electron chi connectivity index (χ3n) is 6.56. The summed E-state index contributed by atoms with van der Waals surface area (Å²) in [6.45, 7) is 5.59. The minimum atomic E-state index is 0.212. The van der Waals surface area contributed by atoms with Crippen molar-refractivity contribution in [1.29, 1.82) is 0 Å². The summed E-state index contributed by atoms with van der Waals surface area (Å²) < 4.78 is 11.2. The maximum atomic E-state index is 5.83. The summed E-state index contributed by atoms with van der Waals surface area (Å²) in [5, 5.41) is 7.11. The molecule has 2 aliphatic heterocycles. The van der Waals surface area contributed by atoms with Crippen LogP contribution in [0, 0.1) is 5.92 Å². The van der Waals surface area contributed by atoms with Gasteiger partial charge in [0, 0.05) is 31.1 Å². The summed E-state index contributed by atoms with van der Waals surface area (Å²) in [6, 6.07) is 17.4. The molecule has 2 aliphatic rings. The molecule has 0 saturated carbocycles. The van der Waals surface area contributed by atoms with Crippen LogP contribution in [-0.4, -0.2) is 51.3 Å². The van der Waals surface area contributed by atoms with E-state index in [-0.39, 0.29) is 6.04 Å². The predicted molar refractivity (Wildman–Crippen MR) is 129 cm³/mol. The summed E-state index contributed by atoms with van der Waals surface area (Å²) in [7, 11) is 3.94. The molecule has 1 fully saturated rings. The van der Waals surface area contributed by atoms with Crippen molar-refractivity contribution < 1.29 is 9.47 Å². The van der Waals surface area contributed by atoms with Gasteiger partial charge in [0.05, 0.1) is 19.8 Å². The largest absolute Gasteiger partial charge is 0.497 e. The molecule has 0 radical (unpaired) electrons. The highest BCUT2D eigenvalue weighted by molar-refractivity contribution is 5.80. The van der Waals surface area contributed by atoms with Gasteiger partial charge in [-0.05, 0) is 63.0 Å². The Kier molecular flexibility index (Phi) is 7.53. The van der Waals surface area contributed by atoms with E-state index >= 15 is 0 Å². The Morgan fingerprint density at radius 1 is 1.16 bits per heavy atom. The molecule has 2 N–H and O–H groups in total. The Morgan fingerprint density at radius 3 is 2.75 bits per heavy atom. The smallest absolute Gasteiger partial charge is 0.191 e. The van der Waals surface area contributed by atoms with E-state index in [2.05, 4.69) is 65.9 Å². The van der Waals surface area contributed by atoms with Gasteiger partial charge in [-0.15, -0.1) is 0 Å². The molecular weight excluding hydrogens is 400 g/mol. The van der Waals surface area contributed by atoms with Crippen molar-refractivity contribution in [2.24, 2.45) is 10.9 Å². The van der Waals surface area contributed by atoms with Crippen LogP contribution in [0.2, 0.25) is 0 Å². The zero-order chi connectivity index (χ0) is 22.3. The third-order valence-corrected chi connectivity index (χ3v) is 6.56. The number of hydrogen-bond donors (Lipinski definition) is 2. The fourth-order valence-electron chi connectivity index (χ4n) is 4.96. The standard InChI is InChI=1S/C26H36N4O2/c1-4-27-26(29-23-15-17-32-24-10-6-5-9-22(23)24)28-18-20-8-7-16-30(2)25(20)19-11-13-21(31-3)14-12-19/h5-6,9-14,20,23,25H,4,7-8,15-18H2,1-3H3,(H2,27,28,29). The van der Waals surface area contributed by atoms with Crippen LogP contribution in [0.4, 0.5) is 0 Å². The summed E-state index contributed by atoms with van der Waals surface area (Å²) in [5.41, 5.74) is 2.54. The molecule has 0 aliphatic carbocycles. The van der Waals surface area contributed by atoms with Gasteiger partial charge in [-0.1, -0.05) is 30.3 Å². The van der Waals surface area contributed by atoms with Gasteiger partial charge in [-0.2, -0.15) is 0 Å². The van der Waals surface area contributed by atoms with Crippen LogP contribution in [0.15, 0.2) is 53.5 Å². The van der Waals surface area contributed by atoms with Crippen LogP contribution in [-0.2, 0) is 0 Å². The first kappa shape index (κ1) is 22.5. The van der Waals surface area contributed by atoms with Crippen LogP contribution in [0.3, 0.4) is 0 Å². The van der Waals surface area contributed by atoms with Crippen LogP contribution in [0.25, 0.3) is 0 Å². The summed E-state index contributed by atoms with van der Waals surface area (Å²) in [4.78, 5) is 7.52. The lowest BCUT2D eigenvalue weighted by molar-refractivity contribution is 0.125. The Balaban J connectivity index is 1.50. The van der Waals surface area contributed by atoms with E-state index in [1.165, 1.54) is 24.0 Å². The van der Waals surface area contributed by atoms with Crippen molar-refractivity contribution in [3.05, 3.63) is 59.7 Å². The monoisotopic (exact) mass is 436 g/mol. The first-order valence-electron chi connectivity index (χ1n) is 11.8. The number of nitrogens with zero attached hydrogens (tertiary/aromatic N) is 2. The second-order valence-corrected chi connectivity index (χ2v) is 8.69. The molecule has 172 valence electrons. The lowest BCUT2D eigenvalue weighted by Crippen LogP contribution is -2.42. The highest BCUT2D eigenvalue weighted by Gasteiger charge is 2.30. The first-order chi connectivity index (χ1) is 15.7. The Labute approximate surface area is 192 Å². The quantitative estimate of drug-likeness (QED) is 0.526. The van der Waals surface area contributed by atoms with E-state index in [1.807, 2.05) is 12.1 Å². The van der Waals surface area contributed by atoms with Gasteiger partial charge in [0.1, 0.15) is 11.5 Å². The minimum absolute atomic E-state index is 0.212. The molecule has 0 spiro atoms. The number of methoxy groups -OCH3 is 1. The molecule has 6 nitrogen and oxygen atoms in total. The van der Waals surface area contributed by atoms with Gasteiger partial charge in [-0.3, -0.25) is 9.89 Å². The van der Waals surface area contributed by atoms with Gasteiger partial charge in [0.25, 0.3) is 0 Å². The number of hydrogen-bond acceptors (Lipinski definition) is 4. The summed E-state index contributed by atoms with van der Waals surface area (Å²) in [6.07, 6.45) is 3.33. The molecule has 3 atom stereocenters. The highest BCUT2D eigenvalue weighted by Crippen LogP contribution is 2.36. The van der Waals surface area contributed by atoms with Crippen LogP contribution in [0.1, 0.15) is 49.4 Å². The number of ether oxygens (including phenoxy) is 2. The Hall–Kier alpha value is -2.73. The average Bonchev–Trinajstić information content (AvgIpc) is 2.83. The topological polar surface area (TPSA) is 58.1 Å². The lowest BCUT2D eigenvalue weighted by Gasteiger charge is -2.39. The zero-order valence-corrected chi connectivity index (χ0v) is 19.5. The van der Waals surface area contributed by atoms with E-state index in [9.17, 15) is 0 Å². The van der Waals surface area contributed by atoms with Crippen LogP contribution in [0.5, 0.6) is 11.5 Å². The van der Waals surface area contributed by atoms with Gasteiger partial charge in [-0.25, -0.2) is 0 Å². The number of nitrogens with one attached hydrogen (secondary N) is 2. The molecule has 2 aromatic carbocycles. The SMILES string of the molecule is CCNC(=NCC1CCCN(C)C1c1ccc(OC)cc1)NC1CCOc2ccccc21. The number of aliphatic imine (C=N–C) groups is 1. The fraction of sp³-hybridized carbons (Fsp3) is 0.500. The number of para-hydroxylation sites is 1. The maximum Gasteiger partial charge on any atom is 0.191 e. The van der Waals surface area contributed by atoms with E-state index in [0.29, 0.717) is 12.0 Å². The van der Waals surface area contributed by atoms with E-state index in [0.717, 1.165) is 50.1 Å². The van der Waals surface area contributed by atoms with Gasteiger partial charge >= 0.3 is 0 Å². The van der Waals surface area contributed by atoms with Crippen molar-refractivity contribution in [1.82, 2.24) is 15.5 Å². The summed E-state index contributed by atoms with van der Waals surface area (Å²) in [5.74, 6) is 3.23. The number of fused-ring (bicyclic) bond motifs is 1. The molecule has 0 amide bonds. The zero-order valence-electron chi connectivity index (χ0n) is 19.5. The van der Waals surface area contributed by atoms with Gasteiger partial charge < -0.3 is 20.1 Å². The van der Waals surface area contributed by atoms with Crippen molar-refractivity contribution in [2.75, 3.05) is 40.4 Å². The lowest BCUT2D eigenvalue weighted by atomic mass is 9.85. The van der Waals surface area contributed by atoms with Crippen molar-refractivity contribution in [3.8, 4) is 11.5 Å². The molecule has 4 rings (SSSR count). The second-order valence-electron chi connectivity index (χ2n) is 8.69. The number of piperidine rings is 1. The third kappa shape index (κ3) is 5.18. The number of rotatable bonds is 6. The van der Waals surface area contributed by atoms with E-state index < -0.39 is 0 Å². The molecule has 2 aromatic rings. The Morgan fingerprint density at radius 2 is 1.97 bits per heavy atom.